The molecule has 1 aliphatic heterocycles. The van der Waals surface area contributed by atoms with Crippen LogP contribution >= 0.6 is 0 Å². The molecule has 0 spiro atoms. The van der Waals surface area contributed by atoms with E-state index in [4.69, 9.17) is 27.8 Å². The summed E-state index contributed by atoms with van der Waals surface area (Å²) >= 11 is 0. The van der Waals surface area contributed by atoms with Gasteiger partial charge in [0, 0.05) is 37.5 Å². The van der Waals surface area contributed by atoms with E-state index in [0.29, 0.717) is 5.57 Å². The van der Waals surface area contributed by atoms with Crippen molar-refractivity contribution in [1.29, 1.82) is 0 Å². The van der Waals surface area contributed by atoms with Crippen LogP contribution in [0.2, 0.25) is 36.3 Å². The van der Waals surface area contributed by atoms with Crippen LogP contribution in [0.3, 0.4) is 0 Å². The molecule has 4 aliphatic rings. The maximum absolute atomic E-state index is 14.5. The maximum Gasteiger partial charge on any atom is 0.338 e. The number of rotatable bonds is 14. The van der Waals surface area contributed by atoms with Crippen molar-refractivity contribution in [3.8, 4) is 0 Å². The molecule has 10 atom stereocenters. The van der Waals surface area contributed by atoms with Gasteiger partial charge in [-0.05, 0) is 66.5 Å². The molecule has 11 nitrogen and oxygen atoms in total. The molecule has 5 rings (SSSR count). The summed E-state index contributed by atoms with van der Waals surface area (Å²) < 4.78 is 40.4. The van der Waals surface area contributed by atoms with Crippen molar-refractivity contribution in [3.63, 3.8) is 0 Å². The third-order valence-corrected chi connectivity index (χ3v) is 24.3. The molecule has 0 radical (unpaired) electrons. The van der Waals surface area contributed by atoms with Gasteiger partial charge in [0.25, 0.3) is 0 Å². The molecule has 0 aromatic heterocycles. The molecule has 1 aromatic rings. The summed E-state index contributed by atoms with van der Waals surface area (Å²) in [7, 11) is -4.81. The molecule has 2 N–H and O–H groups in total. The quantitative estimate of drug-likeness (QED) is 0.0833. The van der Waals surface area contributed by atoms with Gasteiger partial charge in [-0.25, -0.2) is 4.79 Å². The van der Waals surface area contributed by atoms with Gasteiger partial charge >= 0.3 is 17.9 Å². The number of aliphatic hydroxyl groups is 2. The van der Waals surface area contributed by atoms with E-state index in [1.807, 2.05) is 27.7 Å². The van der Waals surface area contributed by atoms with Crippen molar-refractivity contribution in [2.45, 2.75) is 180 Å². The Bertz CT molecular complexity index is 1620. The van der Waals surface area contributed by atoms with Crippen molar-refractivity contribution < 1.29 is 52.4 Å². The lowest BCUT2D eigenvalue weighted by Crippen LogP contribution is -2.83. The molecule has 13 heteroatoms. The third-order valence-electron chi connectivity index (χ3n) is 15.0. The predicted molar refractivity (Wildman–Crippen MR) is 218 cm³/mol. The van der Waals surface area contributed by atoms with Crippen LogP contribution in [0.15, 0.2) is 41.5 Å². The second-order valence-electron chi connectivity index (χ2n) is 17.6. The molecule has 314 valence electrons. The topological polar surface area (TPSA) is 147 Å². The lowest BCUT2D eigenvalue weighted by molar-refractivity contribution is -0.363. The van der Waals surface area contributed by atoms with Gasteiger partial charge in [-0.3, -0.25) is 9.59 Å². The van der Waals surface area contributed by atoms with Crippen molar-refractivity contribution in [3.05, 3.63) is 47.0 Å². The highest BCUT2D eigenvalue weighted by molar-refractivity contribution is 6.74. The summed E-state index contributed by atoms with van der Waals surface area (Å²) in [5, 5.41) is 27.4. The Hall–Kier alpha value is -2.40. The van der Waals surface area contributed by atoms with Gasteiger partial charge in [0.15, 0.2) is 28.3 Å². The molecule has 2 bridgehead atoms. The minimum atomic E-state index is -2.45. The van der Waals surface area contributed by atoms with E-state index in [9.17, 15) is 24.6 Å². The summed E-state index contributed by atoms with van der Waals surface area (Å²) in [5.74, 6) is -2.94. The number of carbonyl (C=O) groups excluding carboxylic acids is 3. The van der Waals surface area contributed by atoms with E-state index in [-0.39, 0.29) is 25.0 Å². The van der Waals surface area contributed by atoms with Crippen LogP contribution in [-0.2, 0) is 37.4 Å². The number of carbonyl (C=O) groups is 3. The number of esters is 3. The van der Waals surface area contributed by atoms with Crippen molar-refractivity contribution in [1.82, 2.24) is 0 Å². The standard InChI is InChI=1S/C43H68O11Si2/c1-13-55(14-2,15-3)53-31-25-43(48)38(51-39(47)30-22-20-19-21-23-30)36-41(12,37(46)35(50-28(8)44)34(27(31)7)40(43,10)11)32(54-56(16-4,17-5)18-6)24-33-42(36,26-49-33)52-29(9)45/h19-23,31-33,35-38,46,48H,13-18,24-26H2,1-12H3/t31-,32-,33?,35-,36-,37-,38-,41+,42-,43+/m0/s1. The van der Waals surface area contributed by atoms with Gasteiger partial charge in [0.2, 0.25) is 0 Å². The van der Waals surface area contributed by atoms with Gasteiger partial charge in [-0.1, -0.05) is 80.5 Å². The average Bonchev–Trinajstić information content (AvgIpc) is 3.16. The average molecular weight is 817 g/mol. The molecule has 3 fully saturated rings. The zero-order valence-corrected chi connectivity index (χ0v) is 37.9. The first-order valence-electron chi connectivity index (χ1n) is 21.0. The van der Waals surface area contributed by atoms with E-state index in [1.165, 1.54) is 13.8 Å². The summed E-state index contributed by atoms with van der Waals surface area (Å²) in [6.07, 6.45) is -5.88. The fraction of sp³-hybridized carbons (Fsp3) is 0.744. The molecular weight excluding hydrogens is 749 g/mol. The zero-order chi connectivity index (χ0) is 41.6. The van der Waals surface area contributed by atoms with E-state index < -0.39 is 99.1 Å². The predicted octanol–water partition coefficient (Wildman–Crippen LogP) is 7.50. The fourth-order valence-corrected chi connectivity index (χ4v) is 16.8. The second kappa shape index (κ2) is 16.3. The summed E-state index contributed by atoms with van der Waals surface area (Å²) in [4.78, 5) is 41.0. The van der Waals surface area contributed by atoms with Crippen LogP contribution in [0.1, 0.15) is 106 Å². The van der Waals surface area contributed by atoms with Crippen molar-refractivity contribution >= 4 is 34.5 Å². The Morgan fingerprint density at radius 1 is 0.839 bits per heavy atom. The van der Waals surface area contributed by atoms with Crippen LogP contribution < -0.4 is 0 Å². The van der Waals surface area contributed by atoms with Crippen LogP contribution in [0.5, 0.6) is 0 Å². The highest BCUT2D eigenvalue weighted by Crippen LogP contribution is 2.66. The van der Waals surface area contributed by atoms with Crippen LogP contribution in [-0.4, -0.2) is 99.2 Å². The molecule has 1 aromatic carbocycles. The first kappa shape index (κ1) is 44.7. The number of fused-ring (bicyclic) bond motifs is 5. The monoisotopic (exact) mass is 816 g/mol. The maximum atomic E-state index is 14.5. The molecule has 1 unspecified atom stereocenters. The highest BCUT2D eigenvalue weighted by Gasteiger charge is 2.78. The SMILES string of the molecule is CC[Si](CC)(CC)O[C@H]1C[C@@]2(O)[C@@H](OC(=O)c3ccccc3)[C@H]3[C@@](C)([C@@H](O[Si](CC)(CC)CC)CC4OC[C@]43OC(C)=O)[C@@H](O)[C@@H](OC(C)=O)C(=C1C)C2(C)C. The van der Waals surface area contributed by atoms with E-state index >= 15 is 0 Å². The minimum Gasteiger partial charge on any atom is -0.455 e. The Morgan fingerprint density at radius 3 is 1.88 bits per heavy atom. The van der Waals surface area contributed by atoms with E-state index in [2.05, 4.69) is 41.5 Å². The Kier molecular flexibility index (Phi) is 13.0. The smallest absolute Gasteiger partial charge is 0.338 e. The number of benzene rings is 1. The molecule has 1 heterocycles. The van der Waals surface area contributed by atoms with E-state index in [0.717, 1.165) is 41.8 Å². The largest absolute Gasteiger partial charge is 0.455 e. The Balaban J connectivity index is 1.91. The van der Waals surface area contributed by atoms with Gasteiger partial charge in [-0.15, -0.1) is 0 Å². The molecular formula is C43H68O11Si2. The van der Waals surface area contributed by atoms with Crippen molar-refractivity contribution in [2.75, 3.05) is 6.61 Å². The van der Waals surface area contributed by atoms with Crippen LogP contribution in [0.25, 0.3) is 0 Å². The number of hydrogen-bond donors (Lipinski definition) is 2. The Labute approximate surface area is 336 Å². The zero-order valence-electron chi connectivity index (χ0n) is 35.9. The summed E-state index contributed by atoms with van der Waals surface area (Å²) in [5.41, 5.74) is -4.49. The lowest BCUT2D eigenvalue weighted by Gasteiger charge is -2.70. The fourth-order valence-electron chi connectivity index (χ4n) is 11.0. The molecule has 2 saturated carbocycles. The molecule has 1 saturated heterocycles. The molecule has 0 amide bonds. The minimum absolute atomic E-state index is 0.0387. The highest BCUT2D eigenvalue weighted by atomic mass is 28.4. The Morgan fingerprint density at radius 2 is 1.39 bits per heavy atom. The lowest BCUT2D eigenvalue weighted by atomic mass is 9.44. The van der Waals surface area contributed by atoms with Gasteiger partial charge in [-0.2, -0.15) is 0 Å². The second-order valence-corrected chi connectivity index (χ2v) is 27.1. The number of hydrogen-bond acceptors (Lipinski definition) is 11. The number of ether oxygens (including phenoxy) is 4. The van der Waals surface area contributed by atoms with Crippen molar-refractivity contribution in [2.24, 2.45) is 16.7 Å². The van der Waals surface area contributed by atoms with Gasteiger partial charge in [0.05, 0.1) is 30.3 Å². The van der Waals surface area contributed by atoms with E-state index in [1.54, 1.807) is 30.3 Å². The first-order valence-corrected chi connectivity index (χ1v) is 26.0. The molecule has 3 aliphatic carbocycles. The summed E-state index contributed by atoms with van der Waals surface area (Å²) in [6, 6.07) is 13.6. The summed E-state index contributed by atoms with van der Waals surface area (Å²) in [6.45, 7) is 22.9. The normalized spacial score (nSPS) is 35.2. The van der Waals surface area contributed by atoms with Crippen LogP contribution in [0.4, 0.5) is 0 Å². The van der Waals surface area contributed by atoms with Gasteiger partial charge in [0.1, 0.15) is 23.9 Å². The third kappa shape index (κ3) is 7.08. The first-order chi connectivity index (χ1) is 26.3. The van der Waals surface area contributed by atoms with Gasteiger partial charge < -0.3 is 38.0 Å². The number of aliphatic hydroxyl groups excluding tert-OH is 1. The molecule has 56 heavy (non-hydrogen) atoms. The van der Waals surface area contributed by atoms with Crippen LogP contribution in [0, 0.1) is 16.7 Å².